The topological polar surface area (TPSA) is 79.1 Å². The number of benzene rings is 2. The van der Waals surface area contributed by atoms with Crippen LogP contribution in [0.3, 0.4) is 0 Å². The molecule has 7 nitrogen and oxygen atoms in total. The van der Waals surface area contributed by atoms with Gasteiger partial charge in [-0.1, -0.05) is 47.7 Å². The Labute approximate surface area is 193 Å². The van der Waals surface area contributed by atoms with Crippen molar-refractivity contribution in [3.63, 3.8) is 0 Å². The van der Waals surface area contributed by atoms with Gasteiger partial charge in [-0.15, -0.1) is 0 Å². The molecule has 0 saturated carbocycles. The molecule has 2 aliphatic heterocycles. The van der Waals surface area contributed by atoms with E-state index in [9.17, 15) is 9.59 Å². The molecule has 0 saturated heterocycles. The minimum atomic E-state index is -0.607. The highest BCUT2D eigenvalue weighted by Gasteiger charge is 2.33. The maximum absolute atomic E-state index is 13.6. The third kappa shape index (κ3) is 3.87. The van der Waals surface area contributed by atoms with E-state index in [0.717, 1.165) is 11.1 Å². The summed E-state index contributed by atoms with van der Waals surface area (Å²) in [6, 6.07) is 14.5. The molecule has 0 radical (unpaired) electrons. The van der Waals surface area contributed by atoms with Crippen molar-refractivity contribution in [3.05, 3.63) is 90.6 Å². The van der Waals surface area contributed by atoms with Crippen molar-refractivity contribution in [3.8, 4) is 11.5 Å². The second-order valence-electron chi connectivity index (χ2n) is 7.62. The lowest BCUT2D eigenvalue weighted by atomic mass is 9.96. The first-order chi connectivity index (χ1) is 16.1. The van der Waals surface area contributed by atoms with E-state index >= 15 is 0 Å². The summed E-state index contributed by atoms with van der Waals surface area (Å²) in [6.45, 7) is 4.79. The van der Waals surface area contributed by atoms with E-state index in [1.54, 1.807) is 18.4 Å². The number of ether oxygens (including phenoxy) is 3. The van der Waals surface area contributed by atoms with Crippen LogP contribution in [0.1, 0.15) is 31.0 Å². The molecule has 0 bridgehead atoms. The Bertz CT molecular complexity index is 1440. The number of nitrogens with zero attached hydrogens (tertiary/aromatic N) is 2. The molecular formula is C25H22N2O5S. The van der Waals surface area contributed by atoms with Crippen molar-refractivity contribution in [1.82, 2.24) is 4.57 Å². The zero-order valence-corrected chi connectivity index (χ0v) is 19.1. The first kappa shape index (κ1) is 21.2. The van der Waals surface area contributed by atoms with E-state index in [1.165, 1.54) is 11.3 Å². The molecule has 0 spiro atoms. The lowest BCUT2D eigenvalue weighted by Gasteiger charge is -2.24. The summed E-state index contributed by atoms with van der Waals surface area (Å²) in [7, 11) is 0. The van der Waals surface area contributed by atoms with Crippen molar-refractivity contribution in [2.75, 3.05) is 19.8 Å². The van der Waals surface area contributed by atoms with Gasteiger partial charge in [-0.3, -0.25) is 9.36 Å². The Morgan fingerprint density at radius 3 is 2.70 bits per heavy atom. The van der Waals surface area contributed by atoms with Gasteiger partial charge in [0.1, 0.15) is 13.2 Å². The average Bonchev–Trinajstić information content (AvgIpc) is 3.13. The van der Waals surface area contributed by atoms with Crippen molar-refractivity contribution in [1.29, 1.82) is 0 Å². The normalized spacial score (nSPS) is 17.4. The molecule has 168 valence electrons. The maximum Gasteiger partial charge on any atom is 0.338 e. The molecule has 8 heteroatoms. The van der Waals surface area contributed by atoms with Gasteiger partial charge < -0.3 is 14.2 Å². The molecule has 0 aliphatic carbocycles. The van der Waals surface area contributed by atoms with Crippen LogP contribution in [-0.4, -0.2) is 30.4 Å². The van der Waals surface area contributed by atoms with Gasteiger partial charge in [-0.25, -0.2) is 9.79 Å². The summed E-state index contributed by atoms with van der Waals surface area (Å²) in [5, 5.41) is 0. The number of aromatic nitrogens is 1. The van der Waals surface area contributed by atoms with E-state index in [2.05, 4.69) is 4.99 Å². The number of allylic oxidation sites excluding steroid dienone is 1. The zero-order valence-electron chi connectivity index (χ0n) is 18.2. The highest BCUT2D eigenvalue weighted by atomic mass is 32.1. The number of carbonyl (C=O) groups excluding carboxylic acids is 1. The first-order valence-corrected chi connectivity index (χ1v) is 11.5. The Balaban J connectivity index is 1.67. The number of thiazole rings is 1. The molecule has 0 fully saturated rings. The third-order valence-corrected chi connectivity index (χ3v) is 6.48. The van der Waals surface area contributed by atoms with Crippen LogP contribution < -0.4 is 24.4 Å². The lowest BCUT2D eigenvalue weighted by Crippen LogP contribution is -2.39. The summed E-state index contributed by atoms with van der Waals surface area (Å²) in [4.78, 5) is 31.6. The Hall–Kier alpha value is -3.65. The van der Waals surface area contributed by atoms with Crippen LogP contribution in [0.15, 0.2) is 69.6 Å². The van der Waals surface area contributed by atoms with E-state index in [4.69, 9.17) is 14.2 Å². The summed E-state index contributed by atoms with van der Waals surface area (Å²) in [5.74, 6) is 0.887. The fourth-order valence-electron chi connectivity index (χ4n) is 4.04. The number of fused-ring (bicyclic) bond motifs is 2. The molecule has 0 amide bonds. The molecule has 33 heavy (non-hydrogen) atoms. The van der Waals surface area contributed by atoms with Crippen LogP contribution in [0.5, 0.6) is 11.5 Å². The zero-order chi connectivity index (χ0) is 22.9. The van der Waals surface area contributed by atoms with Crippen LogP contribution in [0, 0.1) is 0 Å². The molecular weight excluding hydrogens is 440 g/mol. The van der Waals surface area contributed by atoms with Gasteiger partial charge in [0.15, 0.2) is 16.3 Å². The second kappa shape index (κ2) is 8.71. The highest BCUT2D eigenvalue weighted by molar-refractivity contribution is 7.07. The van der Waals surface area contributed by atoms with Crippen LogP contribution in [0.25, 0.3) is 6.08 Å². The first-order valence-electron chi connectivity index (χ1n) is 10.7. The van der Waals surface area contributed by atoms with Gasteiger partial charge in [0.2, 0.25) is 0 Å². The van der Waals surface area contributed by atoms with Gasteiger partial charge in [0.05, 0.1) is 28.5 Å². The predicted molar refractivity (Wildman–Crippen MR) is 124 cm³/mol. The van der Waals surface area contributed by atoms with E-state index in [0.29, 0.717) is 45.3 Å². The van der Waals surface area contributed by atoms with Crippen LogP contribution in [0.2, 0.25) is 0 Å². The van der Waals surface area contributed by atoms with Gasteiger partial charge in [0, 0.05) is 0 Å². The smallest absolute Gasteiger partial charge is 0.338 e. The summed E-state index contributed by atoms with van der Waals surface area (Å²) in [6.07, 6.45) is 1.81. The fourth-order valence-corrected chi connectivity index (χ4v) is 5.09. The van der Waals surface area contributed by atoms with E-state index in [1.807, 2.05) is 54.6 Å². The quantitative estimate of drug-likeness (QED) is 0.557. The van der Waals surface area contributed by atoms with Gasteiger partial charge >= 0.3 is 5.97 Å². The molecule has 0 N–H and O–H groups in total. The van der Waals surface area contributed by atoms with Crippen LogP contribution in [0.4, 0.5) is 0 Å². The Morgan fingerprint density at radius 1 is 1.18 bits per heavy atom. The largest absolute Gasteiger partial charge is 0.486 e. The van der Waals surface area contributed by atoms with Crippen molar-refractivity contribution in [2.45, 2.75) is 19.9 Å². The van der Waals surface area contributed by atoms with Gasteiger partial charge in [-0.05, 0) is 43.2 Å². The minimum absolute atomic E-state index is 0.211. The van der Waals surface area contributed by atoms with E-state index in [-0.39, 0.29) is 12.2 Å². The Kier molecular flexibility index (Phi) is 5.60. The number of hydrogen-bond acceptors (Lipinski definition) is 7. The van der Waals surface area contributed by atoms with Gasteiger partial charge in [0.25, 0.3) is 5.56 Å². The summed E-state index contributed by atoms with van der Waals surface area (Å²) in [5.41, 5.74) is 2.36. The number of hydrogen-bond donors (Lipinski definition) is 0. The molecule has 0 unspecified atom stereocenters. The van der Waals surface area contributed by atoms with E-state index < -0.39 is 12.0 Å². The SMILES string of the molecule is CCOC(=O)C1=C(C)N=c2s/c(=C\c3ccc4c(c3)OCCO4)c(=O)n2[C@@H]1c1ccccc1. The number of rotatable bonds is 4. The molecule has 3 heterocycles. The summed E-state index contributed by atoms with van der Waals surface area (Å²) < 4.78 is 18.7. The number of carbonyl (C=O) groups is 1. The molecule has 3 aromatic rings. The Morgan fingerprint density at radius 2 is 1.94 bits per heavy atom. The van der Waals surface area contributed by atoms with Crippen LogP contribution >= 0.6 is 11.3 Å². The van der Waals surface area contributed by atoms with Crippen molar-refractivity contribution < 1.29 is 19.0 Å². The third-order valence-electron chi connectivity index (χ3n) is 5.50. The molecule has 5 rings (SSSR count). The minimum Gasteiger partial charge on any atom is -0.486 e. The molecule has 1 aromatic heterocycles. The summed E-state index contributed by atoms with van der Waals surface area (Å²) >= 11 is 1.29. The van der Waals surface area contributed by atoms with Gasteiger partial charge in [-0.2, -0.15) is 0 Å². The molecule has 2 aromatic carbocycles. The monoisotopic (exact) mass is 462 g/mol. The fraction of sp³-hybridized carbons (Fsp3) is 0.240. The predicted octanol–water partition coefficient (Wildman–Crippen LogP) is 2.57. The average molecular weight is 463 g/mol. The highest BCUT2D eigenvalue weighted by Crippen LogP contribution is 2.32. The molecule has 2 aliphatic rings. The lowest BCUT2D eigenvalue weighted by molar-refractivity contribution is -0.139. The van der Waals surface area contributed by atoms with Crippen molar-refractivity contribution in [2.24, 2.45) is 4.99 Å². The molecule has 1 atom stereocenters. The standard InChI is InChI=1S/C25H22N2O5S/c1-3-30-24(29)21-15(2)26-25-27(22(21)17-7-5-4-6-8-17)23(28)20(33-25)14-16-9-10-18-19(13-16)32-12-11-31-18/h4-10,13-14,22H,3,11-12H2,1-2H3/b20-14-/t22-/m1/s1. The maximum atomic E-state index is 13.6. The second-order valence-corrected chi connectivity index (χ2v) is 8.63. The van der Waals surface area contributed by atoms with Crippen LogP contribution in [-0.2, 0) is 9.53 Å². The number of esters is 1. The van der Waals surface area contributed by atoms with Crippen molar-refractivity contribution >= 4 is 23.4 Å².